The number of aliphatic hydroxyl groups is 1. The number of aryl methyl sites for hydroxylation is 1. The van der Waals surface area contributed by atoms with Crippen molar-refractivity contribution in [2.24, 2.45) is 0 Å². The predicted octanol–water partition coefficient (Wildman–Crippen LogP) is 1.88. The molecule has 2 rings (SSSR count). The zero-order valence-corrected chi connectivity index (χ0v) is 7.38. The number of rotatable bonds is 1. The molecule has 1 heteroatoms. The number of hydrogen-bond donors (Lipinski definition) is 1. The van der Waals surface area contributed by atoms with Crippen molar-refractivity contribution in [3.05, 3.63) is 35.4 Å². The van der Waals surface area contributed by atoms with Crippen LogP contribution in [-0.2, 0) is 11.8 Å². The summed E-state index contributed by atoms with van der Waals surface area (Å²) >= 11 is 0. The molecule has 1 aliphatic carbocycles. The zero-order chi connectivity index (χ0) is 8.60. The monoisotopic (exact) mass is 162 g/mol. The second kappa shape index (κ2) is 2.60. The highest BCUT2D eigenvalue weighted by Gasteiger charge is 2.32. The van der Waals surface area contributed by atoms with Crippen molar-refractivity contribution in [1.82, 2.24) is 0 Å². The van der Waals surface area contributed by atoms with Crippen molar-refractivity contribution in [1.29, 1.82) is 0 Å². The first kappa shape index (κ1) is 7.81. The lowest BCUT2D eigenvalue weighted by Crippen LogP contribution is -2.22. The molecule has 0 bridgehead atoms. The van der Waals surface area contributed by atoms with Crippen LogP contribution in [0.5, 0.6) is 0 Å². The van der Waals surface area contributed by atoms with E-state index in [1.807, 2.05) is 0 Å². The summed E-state index contributed by atoms with van der Waals surface area (Å²) in [5.41, 5.74) is 2.78. The molecule has 1 atom stereocenters. The lowest BCUT2D eigenvalue weighted by Gasteiger charge is -2.21. The second-order valence-electron chi connectivity index (χ2n) is 3.88. The summed E-state index contributed by atoms with van der Waals surface area (Å²) < 4.78 is 0. The van der Waals surface area contributed by atoms with Gasteiger partial charge >= 0.3 is 0 Å². The third-order valence-corrected chi connectivity index (χ3v) is 2.96. The first-order valence-corrected chi connectivity index (χ1v) is 4.45. The van der Waals surface area contributed by atoms with Gasteiger partial charge in [-0.05, 0) is 24.0 Å². The van der Waals surface area contributed by atoms with Crippen LogP contribution in [0.15, 0.2) is 24.3 Å². The van der Waals surface area contributed by atoms with Crippen LogP contribution < -0.4 is 0 Å². The highest BCUT2D eigenvalue weighted by atomic mass is 16.3. The molecule has 0 heterocycles. The zero-order valence-electron chi connectivity index (χ0n) is 7.38. The van der Waals surface area contributed by atoms with Crippen LogP contribution >= 0.6 is 0 Å². The van der Waals surface area contributed by atoms with E-state index in [0.29, 0.717) is 0 Å². The molecule has 1 aromatic rings. The molecule has 0 saturated heterocycles. The van der Waals surface area contributed by atoms with Crippen LogP contribution in [0.4, 0.5) is 0 Å². The minimum atomic E-state index is 0.0244. The molecule has 64 valence electrons. The Kier molecular flexibility index (Phi) is 1.69. The second-order valence-corrected chi connectivity index (χ2v) is 3.88. The van der Waals surface area contributed by atoms with E-state index >= 15 is 0 Å². The van der Waals surface area contributed by atoms with E-state index in [4.69, 9.17) is 0 Å². The number of hydrogen-bond acceptors (Lipinski definition) is 1. The average molecular weight is 162 g/mol. The fourth-order valence-electron chi connectivity index (χ4n) is 2.04. The molecule has 0 aromatic heterocycles. The Morgan fingerprint density at radius 2 is 2.17 bits per heavy atom. The van der Waals surface area contributed by atoms with E-state index in [2.05, 4.69) is 31.2 Å². The van der Waals surface area contributed by atoms with Gasteiger partial charge in [-0.15, -0.1) is 0 Å². The third kappa shape index (κ3) is 0.969. The van der Waals surface area contributed by atoms with Gasteiger partial charge in [0.2, 0.25) is 0 Å². The highest BCUT2D eigenvalue weighted by Crippen LogP contribution is 2.37. The first-order chi connectivity index (χ1) is 5.76. The fourth-order valence-corrected chi connectivity index (χ4v) is 2.04. The molecule has 0 fully saturated rings. The molecule has 0 aliphatic heterocycles. The molecule has 0 spiro atoms. The minimum absolute atomic E-state index is 0.0244. The van der Waals surface area contributed by atoms with Crippen LogP contribution in [-0.4, -0.2) is 11.7 Å². The first-order valence-electron chi connectivity index (χ1n) is 4.45. The Morgan fingerprint density at radius 3 is 2.92 bits per heavy atom. The molecular weight excluding hydrogens is 148 g/mol. The summed E-state index contributed by atoms with van der Waals surface area (Å²) in [5, 5.41) is 9.27. The predicted molar refractivity (Wildman–Crippen MR) is 49.2 cm³/mol. The highest BCUT2D eigenvalue weighted by molar-refractivity contribution is 5.38. The van der Waals surface area contributed by atoms with Gasteiger partial charge in [0.1, 0.15) is 0 Å². The molecule has 12 heavy (non-hydrogen) atoms. The van der Waals surface area contributed by atoms with Crippen LogP contribution in [0.3, 0.4) is 0 Å². The van der Waals surface area contributed by atoms with Gasteiger partial charge in [0.25, 0.3) is 0 Å². The molecule has 0 amide bonds. The van der Waals surface area contributed by atoms with Gasteiger partial charge in [-0.25, -0.2) is 0 Å². The average Bonchev–Trinajstić information content (AvgIpc) is 2.46. The van der Waals surface area contributed by atoms with E-state index in [9.17, 15) is 5.11 Å². The van der Waals surface area contributed by atoms with Crippen molar-refractivity contribution in [3.63, 3.8) is 0 Å². The van der Waals surface area contributed by atoms with Crippen LogP contribution in [0, 0.1) is 0 Å². The Balaban J connectivity index is 2.49. The van der Waals surface area contributed by atoms with Crippen molar-refractivity contribution in [2.45, 2.75) is 25.2 Å². The van der Waals surface area contributed by atoms with E-state index in [1.165, 1.54) is 11.1 Å². The SMILES string of the molecule is C[C@]1(CO)CCc2ccccc21. The largest absolute Gasteiger partial charge is 0.395 e. The summed E-state index contributed by atoms with van der Waals surface area (Å²) in [4.78, 5) is 0. The number of aliphatic hydroxyl groups excluding tert-OH is 1. The van der Waals surface area contributed by atoms with Crippen molar-refractivity contribution in [2.75, 3.05) is 6.61 Å². The number of benzene rings is 1. The Bertz CT molecular complexity index is 293. The Morgan fingerprint density at radius 1 is 1.42 bits per heavy atom. The minimum Gasteiger partial charge on any atom is -0.395 e. The van der Waals surface area contributed by atoms with E-state index in [1.54, 1.807) is 0 Å². The molecule has 1 aliphatic rings. The lowest BCUT2D eigenvalue weighted by molar-refractivity contribution is 0.206. The quantitative estimate of drug-likeness (QED) is 0.668. The van der Waals surface area contributed by atoms with E-state index in [0.717, 1.165) is 12.8 Å². The Hall–Kier alpha value is -0.820. The molecule has 0 saturated carbocycles. The maximum Gasteiger partial charge on any atom is 0.0525 e. The standard InChI is InChI=1S/C11H14O/c1-11(8-12)7-6-9-4-2-3-5-10(9)11/h2-5,12H,6-8H2,1H3/t11-/m1/s1. The topological polar surface area (TPSA) is 20.2 Å². The summed E-state index contributed by atoms with van der Waals surface area (Å²) in [6, 6.07) is 8.43. The summed E-state index contributed by atoms with van der Waals surface area (Å²) in [5.74, 6) is 0. The van der Waals surface area contributed by atoms with E-state index < -0.39 is 0 Å². The third-order valence-electron chi connectivity index (χ3n) is 2.96. The van der Waals surface area contributed by atoms with Gasteiger partial charge in [-0.1, -0.05) is 31.2 Å². The van der Waals surface area contributed by atoms with Gasteiger partial charge in [0.05, 0.1) is 6.61 Å². The van der Waals surface area contributed by atoms with Crippen LogP contribution in [0.1, 0.15) is 24.5 Å². The van der Waals surface area contributed by atoms with Crippen molar-refractivity contribution >= 4 is 0 Å². The molecule has 1 nitrogen and oxygen atoms in total. The Labute approximate surface area is 73.0 Å². The summed E-state index contributed by atoms with van der Waals surface area (Å²) in [6.07, 6.45) is 2.20. The van der Waals surface area contributed by atoms with Gasteiger partial charge in [-0.3, -0.25) is 0 Å². The normalized spacial score (nSPS) is 27.2. The fraction of sp³-hybridized carbons (Fsp3) is 0.455. The smallest absolute Gasteiger partial charge is 0.0525 e. The molecule has 0 radical (unpaired) electrons. The summed E-state index contributed by atoms with van der Waals surface area (Å²) in [6.45, 7) is 2.41. The van der Waals surface area contributed by atoms with Crippen molar-refractivity contribution < 1.29 is 5.11 Å². The maximum absolute atomic E-state index is 9.27. The maximum atomic E-state index is 9.27. The lowest BCUT2D eigenvalue weighted by atomic mass is 9.85. The van der Waals surface area contributed by atoms with Gasteiger partial charge < -0.3 is 5.11 Å². The summed E-state index contributed by atoms with van der Waals surface area (Å²) in [7, 11) is 0. The van der Waals surface area contributed by atoms with Crippen LogP contribution in [0.25, 0.3) is 0 Å². The number of fused-ring (bicyclic) bond motifs is 1. The molecule has 1 aromatic carbocycles. The van der Waals surface area contributed by atoms with Gasteiger partial charge in [0, 0.05) is 5.41 Å². The van der Waals surface area contributed by atoms with Gasteiger partial charge in [0.15, 0.2) is 0 Å². The van der Waals surface area contributed by atoms with E-state index in [-0.39, 0.29) is 12.0 Å². The molecule has 1 N–H and O–H groups in total. The van der Waals surface area contributed by atoms with Crippen molar-refractivity contribution in [3.8, 4) is 0 Å². The molecule has 0 unspecified atom stereocenters. The molecular formula is C11H14O. The van der Waals surface area contributed by atoms with Crippen LogP contribution in [0.2, 0.25) is 0 Å². The van der Waals surface area contributed by atoms with Gasteiger partial charge in [-0.2, -0.15) is 0 Å².